The van der Waals surface area contributed by atoms with Crippen molar-refractivity contribution in [2.24, 2.45) is 0 Å². The van der Waals surface area contributed by atoms with Gasteiger partial charge in [-0.05, 0) is 31.9 Å². The average Bonchev–Trinajstić information content (AvgIpc) is 2.51. The summed E-state index contributed by atoms with van der Waals surface area (Å²) in [7, 11) is 0. The maximum absolute atomic E-state index is 12.1. The molecule has 0 bridgehead atoms. The molecule has 5 nitrogen and oxygen atoms in total. The minimum Gasteiger partial charge on any atom is -0.465 e. The molecular formula is C20H27NO4. The van der Waals surface area contributed by atoms with E-state index < -0.39 is 29.6 Å². The fourth-order valence-corrected chi connectivity index (χ4v) is 2.71. The molecule has 0 saturated carbocycles. The summed E-state index contributed by atoms with van der Waals surface area (Å²) >= 11 is 0. The minimum absolute atomic E-state index is 0.265. The first-order valence-electron chi connectivity index (χ1n) is 8.09. The highest BCUT2D eigenvalue weighted by Crippen LogP contribution is 2.32. The number of carboxylic acid groups (broad SMARTS) is 1. The first-order valence-corrected chi connectivity index (χ1v) is 8.09. The number of ether oxygens (including phenoxy) is 1. The van der Waals surface area contributed by atoms with Gasteiger partial charge in [-0.3, -0.25) is 0 Å². The van der Waals surface area contributed by atoms with E-state index in [-0.39, 0.29) is 5.57 Å². The van der Waals surface area contributed by atoms with Crippen molar-refractivity contribution in [3.63, 3.8) is 0 Å². The number of allylic oxidation sites excluding steroid dienone is 1. The molecule has 0 aliphatic heterocycles. The van der Waals surface area contributed by atoms with Crippen LogP contribution in [0.3, 0.4) is 0 Å². The highest BCUT2D eigenvalue weighted by atomic mass is 16.5. The van der Waals surface area contributed by atoms with Crippen molar-refractivity contribution in [3.8, 4) is 0 Å². The number of carbonyl (C=O) groups excluding carboxylic acids is 1. The Morgan fingerprint density at radius 1 is 1.16 bits per heavy atom. The zero-order chi connectivity index (χ0) is 19.4. The van der Waals surface area contributed by atoms with E-state index in [0.29, 0.717) is 0 Å². The lowest BCUT2D eigenvalue weighted by Gasteiger charge is -2.38. The molecule has 1 rings (SSSR count). The summed E-state index contributed by atoms with van der Waals surface area (Å²) in [6.45, 7) is 16.5. The molecule has 0 radical (unpaired) electrons. The third-order valence-electron chi connectivity index (χ3n) is 4.22. The number of carbonyl (C=O) groups is 2. The van der Waals surface area contributed by atoms with Crippen LogP contribution < -0.4 is 5.32 Å². The Bertz CT molecular complexity index is 673. The Kier molecular flexibility index (Phi) is 6.56. The predicted octanol–water partition coefficient (Wildman–Crippen LogP) is 4.14. The van der Waals surface area contributed by atoms with Crippen LogP contribution in [-0.4, -0.2) is 29.3 Å². The zero-order valence-corrected chi connectivity index (χ0v) is 15.6. The van der Waals surface area contributed by atoms with E-state index in [4.69, 9.17) is 9.84 Å². The monoisotopic (exact) mass is 345 g/mol. The van der Waals surface area contributed by atoms with Crippen molar-refractivity contribution in [1.29, 1.82) is 0 Å². The molecule has 0 spiro atoms. The van der Waals surface area contributed by atoms with Crippen molar-refractivity contribution < 1.29 is 19.4 Å². The van der Waals surface area contributed by atoms with Gasteiger partial charge in [0.2, 0.25) is 0 Å². The van der Waals surface area contributed by atoms with E-state index in [1.807, 2.05) is 45.0 Å². The van der Waals surface area contributed by atoms with Crippen molar-refractivity contribution in [3.05, 3.63) is 54.1 Å². The fourth-order valence-electron chi connectivity index (χ4n) is 2.71. The van der Waals surface area contributed by atoms with Gasteiger partial charge >= 0.3 is 12.1 Å². The fraction of sp³-hybridized carbons (Fsp3) is 0.400. The summed E-state index contributed by atoms with van der Waals surface area (Å²) in [5, 5.41) is 11.4. The molecule has 2 atom stereocenters. The smallest absolute Gasteiger partial charge is 0.404 e. The van der Waals surface area contributed by atoms with Crippen LogP contribution in [0.4, 0.5) is 4.79 Å². The standard InChI is InChI=1S/C20H27NO4/c1-12(2)15-8-10-16(11-9-15)20(6,7)17(14(5)21-19(23)24)25-18(22)13(3)4/h8-11,14,17,21H,1,3H2,2,4-7H3,(H,23,24). The van der Waals surface area contributed by atoms with Gasteiger partial charge in [0.05, 0.1) is 6.04 Å². The molecule has 1 amide bonds. The molecule has 0 aliphatic carbocycles. The lowest BCUT2D eigenvalue weighted by Crippen LogP contribution is -2.51. The van der Waals surface area contributed by atoms with E-state index >= 15 is 0 Å². The average molecular weight is 345 g/mol. The molecule has 136 valence electrons. The molecule has 1 aromatic carbocycles. The van der Waals surface area contributed by atoms with Gasteiger partial charge in [-0.2, -0.15) is 0 Å². The Morgan fingerprint density at radius 2 is 1.68 bits per heavy atom. The number of amides is 1. The number of nitrogens with one attached hydrogen (secondary N) is 1. The maximum Gasteiger partial charge on any atom is 0.404 e. The molecule has 5 heteroatoms. The van der Waals surface area contributed by atoms with Gasteiger partial charge in [-0.25, -0.2) is 9.59 Å². The van der Waals surface area contributed by atoms with E-state index in [1.165, 1.54) is 0 Å². The third kappa shape index (κ3) is 5.21. The SMILES string of the molecule is C=C(C)C(=O)OC(C(C)NC(=O)O)C(C)(C)c1ccc(C(=C)C)cc1. The number of esters is 1. The molecule has 0 heterocycles. The summed E-state index contributed by atoms with van der Waals surface area (Å²) in [5.74, 6) is -0.546. The Hall–Kier alpha value is -2.56. The number of hydrogen-bond donors (Lipinski definition) is 2. The largest absolute Gasteiger partial charge is 0.465 e. The lowest BCUT2D eigenvalue weighted by atomic mass is 9.76. The van der Waals surface area contributed by atoms with Crippen LogP contribution in [0.1, 0.15) is 45.7 Å². The quantitative estimate of drug-likeness (QED) is 0.575. The van der Waals surface area contributed by atoms with E-state index in [1.54, 1.807) is 13.8 Å². The van der Waals surface area contributed by atoms with Crippen molar-refractivity contribution in [1.82, 2.24) is 5.32 Å². The van der Waals surface area contributed by atoms with Crippen LogP contribution in [-0.2, 0) is 14.9 Å². The number of rotatable bonds is 7. The lowest BCUT2D eigenvalue weighted by molar-refractivity contribution is -0.149. The Labute approximate surface area is 149 Å². The topological polar surface area (TPSA) is 75.6 Å². The van der Waals surface area contributed by atoms with Gasteiger partial charge in [-0.1, -0.05) is 56.8 Å². The molecule has 2 N–H and O–H groups in total. The van der Waals surface area contributed by atoms with Gasteiger partial charge in [-0.15, -0.1) is 0 Å². The highest BCUT2D eigenvalue weighted by Gasteiger charge is 2.39. The van der Waals surface area contributed by atoms with Crippen LogP contribution in [0.5, 0.6) is 0 Å². The van der Waals surface area contributed by atoms with Crippen molar-refractivity contribution in [2.75, 3.05) is 0 Å². The first kappa shape index (κ1) is 20.5. The normalized spacial score (nSPS) is 13.5. The minimum atomic E-state index is -1.17. The van der Waals surface area contributed by atoms with Crippen LogP contribution in [0, 0.1) is 0 Å². The summed E-state index contributed by atoms with van der Waals surface area (Å²) in [5.41, 5.74) is 2.54. The Morgan fingerprint density at radius 3 is 2.08 bits per heavy atom. The second-order valence-electron chi connectivity index (χ2n) is 6.92. The molecule has 25 heavy (non-hydrogen) atoms. The third-order valence-corrected chi connectivity index (χ3v) is 4.22. The van der Waals surface area contributed by atoms with Crippen molar-refractivity contribution in [2.45, 2.75) is 52.2 Å². The van der Waals surface area contributed by atoms with Crippen LogP contribution in [0.15, 0.2) is 43.0 Å². The predicted molar refractivity (Wildman–Crippen MR) is 99.5 cm³/mol. The maximum atomic E-state index is 12.1. The molecule has 0 aromatic heterocycles. The van der Waals surface area contributed by atoms with Gasteiger partial charge in [0.25, 0.3) is 0 Å². The molecule has 1 aromatic rings. The van der Waals surface area contributed by atoms with Crippen molar-refractivity contribution >= 4 is 17.6 Å². The van der Waals surface area contributed by atoms with Crippen LogP contribution >= 0.6 is 0 Å². The molecular weight excluding hydrogens is 318 g/mol. The second-order valence-corrected chi connectivity index (χ2v) is 6.92. The van der Waals surface area contributed by atoms with E-state index in [2.05, 4.69) is 18.5 Å². The molecule has 0 fully saturated rings. The van der Waals surface area contributed by atoms with Gasteiger partial charge < -0.3 is 15.2 Å². The number of hydrogen-bond acceptors (Lipinski definition) is 3. The highest BCUT2D eigenvalue weighted by molar-refractivity contribution is 5.87. The Balaban J connectivity index is 3.23. The van der Waals surface area contributed by atoms with E-state index in [9.17, 15) is 9.59 Å². The second kappa shape index (κ2) is 8.01. The summed E-state index contributed by atoms with van der Waals surface area (Å²) < 4.78 is 5.59. The molecule has 2 unspecified atom stereocenters. The summed E-state index contributed by atoms with van der Waals surface area (Å²) in [6, 6.07) is 7.19. The molecule has 0 aliphatic rings. The van der Waals surface area contributed by atoms with Crippen LogP contribution in [0.2, 0.25) is 0 Å². The van der Waals surface area contributed by atoms with Crippen LogP contribution in [0.25, 0.3) is 5.57 Å². The molecule has 0 saturated heterocycles. The van der Waals surface area contributed by atoms with E-state index in [0.717, 1.165) is 16.7 Å². The van der Waals surface area contributed by atoms with Gasteiger partial charge in [0.15, 0.2) is 0 Å². The van der Waals surface area contributed by atoms with Gasteiger partial charge in [0.1, 0.15) is 6.10 Å². The summed E-state index contributed by atoms with van der Waals surface area (Å²) in [6.07, 6.45) is -1.87. The number of benzene rings is 1. The van der Waals surface area contributed by atoms with Gasteiger partial charge in [0, 0.05) is 11.0 Å². The zero-order valence-electron chi connectivity index (χ0n) is 15.6. The first-order chi connectivity index (χ1) is 11.5. The summed E-state index contributed by atoms with van der Waals surface area (Å²) in [4.78, 5) is 23.1.